The Bertz CT molecular complexity index is 478. The number of carboxylic acids is 1. The second-order valence-corrected chi connectivity index (χ2v) is 3.50. The van der Waals surface area contributed by atoms with Crippen molar-refractivity contribution in [1.82, 2.24) is 9.88 Å². The molecule has 0 aromatic carbocycles. The van der Waals surface area contributed by atoms with Gasteiger partial charge in [-0.05, 0) is 6.07 Å². The number of aromatic nitrogens is 1. The highest BCUT2D eigenvalue weighted by Gasteiger charge is 2.37. The molecule has 2 N–H and O–H groups in total. The van der Waals surface area contributed by atoms with Crippen LogP contribution in [0.1, 0.15) is 20.7 Å². The van der Waals surface area contributed by atoms with Crippen molar-refractivity contribution in [2.75, 3.05) is 6.54 Å². The van der Waals surface area contributed by atoms with E-state index in [1.807, 2.05) is 0 Å². The minimum absolute atomic E-state index is 0.120. The van der Waals surface area contributed by atoms with Crippen molar-refractivity contribution in [3.8, 4) is 0 Å². The van der Waals surface area contributed by atoms with E-state index in [4.69, 9.17) is 10.2 Å². The maximum atomic E-state index is 11.7. The number of aliphatic hydroxyl groups is 1. The third kappa shape index (κ3) is 1.76. The Morgan fingerprint density at radius 3 is 2.59 bits per heavy atom. The molecule has 1 atom stereocenters. The summed E-state index contributed by atoms with van der Waals surface area (Å²) in [7, 11) is 0. The highest BCUT2D eigenvalue weighted by atomic mass is 16.4. The van der Waals surface area contributed by atoms with Gasteiger partial charge in [0.05, 0.1) is 17.7 Å². The van der Waals surface area contributed by atoms with Gasteiger partial charge in [-0.15, -0.1) is 0 Å². The number of fused-ring (bicyclic) bond motifs is 1. The summed E-state index contributed by atoms with van der Waals surface area (Å²) in [4.78, 5) is 38.3. The molecule has 0 saturated carbocycles. The number of β-amino-alcohol motifs (C(OH)–C–C–N with tert-alkyl or cyclic N) is 1. The summed E-state index contributed by atoms with van der Waals surface area (Å²) >= 11 is 0. The summed E-state index contributed by atoms with van der Waals surface area (Å²) < 4.78 is 0. The Morgan fingerprint density at radius 2 is 2.00 bits per heavy atom. The van der Waals surface area contributed by atoms with Crippen LogP contribution in [0, 0.1) is 0 Å². The molecule has 2 heterocycles. The third-order valence-electron chi connectivity index (χ3n) is 2.41. The van der Waals surface area contributed by atoms with Crippen LogP contribution >= 0.6 is 0 Å². The zero-order valence-corrected chi connectivity index (χ0v) is 8.53. The van der Waals surface area contributed by atoms with Crippen LogP contribution in [0.15, 0.2) is 18.5 Å². The Kier molecular flexibility index (Phi) is 2.60. The molecule has 1 aromatic rings. The molecule has 0 radical (unpaired) electrons. The molecular weight excluding hydrogens is 228 g/mol. The first kappa shape index (κ1) is 11.2. The predicted molar refractivity (Wildman–Crippen MR) is 53.2 cm³/mol. The maximum absolute atomic E-state index is 11.7. The van der Waals surface area contributed by atoms with E-state index in [1.54, 1.807) is 0 Å². The molecule has 0 bridgehead atoms. The molecule has 1 aliphatic heterocycles. The zero-order chi connectivity index (χ0) is 12.6. The summed E-state index contributed by atoms with van der Waals surface area (Å²) in [5.41, 5.74) is 0.290. The Hall–Kier alpha value is -2.28. The number of carbonyl (C=O) groups is 3. The normalized spacial score (nSPS) is 15.9. The summed E-state index contributed by atoms with van der Waals surface area (Å²) in [5.74, 6) is -2.74. The molecule has 17 heavy (non-hydrogen) atoms. The highest BCUT2D eigenvalue weighted by molar-refractivity contribution is 6.21. The molecule has 0 spiro atoms. The first-order chi connectivity index (χ1) is 8.02. The fourth-order valence-corrected chi connectivity index (χ4v) is 1.55. The summed E-state index contributed by atoms with van der Waals surface area (Å²) in [6.07, 6.45) is 0.814. The molecule has 7 heteroatoms. The smallest absolute Gasteiger partial charge is 0.334 e. The molecule has 2 amide bonds. The van der Waals surface area contributed by atoms with Crippen LogP contribution in [0.25, 0.3) is 0 Å². The quantitative estimate of drug-likeness (QED) is 0.660. The SMILES string of the molecule is O=C(O)C(O)CN1C(=O)c2ccncc2C1=O. The molecule has 7 nitrogen and oxygen atoms in total. The zero-order valence-electron chi connectivity index (χ0n) is 8.53. The van der Waals surface area contributed by atoms with E-state index in [2.05, 4.69) is 4.98 Å². The lowest BCUT2D eigenvalue weighted by molar-refractivity contribution is -0.146. The molecule has 1 aliphatic rings. The van der Waals surface area contributed by atoms with E-state index < -0.39 is 30.4 Å². The van der Waals surface area contributed by atoms with Crippen molar-refractivity contribution in [3.05, 3.63) is 29.6 Å². The molecular formula is C10H8N2O5. The standard InChI is InChI=1S/C10H8N2O5/c13-7(10(16)17)4-12-8(14)5-1-2-11-3-6(5)9(12)15/h1-3,7,13H,4H2,(H,16,17). The van der Waals surface area contributed by atoms with Gasteiger partial charge in [0.1, 0.15) is 0 Å². The van der Waals surface area contributed by atoms with Gasteiger partial charge in [0.15, 0.2) is 6.10 Å². The number of aliphatic hydroxyl groups excluding tert-OH is 1. The topological polar surface area (TPSA) is 108 Å². The monoisotopic (exact) mass is 236 g/mol. The Balaban J connectivity index is 2.27. The van der Waals surface area contributed by atoms with Crippen molar-refractivity contribution in [3.63, 3.8) is 0 Å². The third-order valence-corrected chi connectivity index (χ3v) is 2.41. The van der Waals surface area contributed by atoms with Crippen molar-refractivity contribution in [2.24, 2.45) is 0 Å². The number of amides is 2. The van der Waals surface area contributed by atoms with Gasteiger partial charge in [0.25, 0.3) is 11.8 Å². The first-order valence-electron chi connectivity index (χ1n) is 4.73. The molecule has 88 valence electrons. The van der Waals surface area contributed by atoms with E-state index in [1.165, 1.54) is 18.5 Å². The maximum Gasteiger partial charge on any atom is 0.334 e. The molecule has 2 rings (SSSR count). The van der Waals surface area contributed by atoms with Crippen LogP contribution < -0.4 is 0 Å². The van der Waals surface area contributed by atoms with Crippen LogP contribution in [-0.2, 0) is 4.79 Å². The van der Waals surface area contributed by atoms with E-state index in [0.717, 1.165) is 0 Å². The summed E-state index contributed by atoms with van der Waals surface area (Å²) in [5, 5.41) is 17.7. The second kappa shape index (κ2) is 3.95. The number of nitrogens with zero attached hydrogens (tertiary/aromatic N) is 2. The number of rotatable bonds is 3. The molecule has 0 saturated heterocycles. The van der Waals surface area contributed by atoms with E-state index in [-0.39, 0.29) is 11.1 Å². The summed E-state index contributed by atoms with van der Waals surface area (Å²) in [6.45, 7) is -0.568. The van der Waals surface area contributed by atoms with Crippen LogP contribution in [0.5, 0.6) is 0 Å². The number of hydrogen-bond donors (Lipinski definition) is 2. The van der Waals surface area contributed by atoms with Gasteiger partial charge >= 0.3 is 5.97 Å². The van der Waals surface area contributed by atoms with Crippen molar-refractivity contribution < 1.29 is 24.6 Å². The van der Waals surface area contributed by atoms with Gasteiger partial charge in [-0.1, -0.05) is 0 Å². The van der Waals surface area contributed by atoms with Gasteiger partial charge < -0.3 is 10.2 Å². The van der Waals surface area contributed by atoms with E-state index in [9.17, 15) is 14.4 Å². The number of aliphatic carboxylic acids is 1. The molecule has 0 aliphatic carbocycles. The highest BCUT2D eigenvalue weighted by Crippen LogP contribution is 2.21. The van der Waals surface area contributed by atoms with Gasteiger partial charge in [-0.25, -0.2) is 4.79 Å². The molecule has 0 fully saturated rings. The molecule has 1 unspecified atom stereocenters. The number of pyridine rings is 1. The minimum atomic E-state index is -1.79. The van der Waals surface area contributed by atoms with Crippen LogP contribution in [0.4, 0.5) is 0 Å². The van der Waals surface area contributed by atoms with Gasteiger partial charge in [0, 0.05) is 12.4 Å². The fourth-order valence-electron chi connectivity index (χ4n) is 1.55. The average Bonchev–Trinajstić information content (AvgIpc) is 2.55. The van der Waals surface area contributed by atoms with E-state index >= 15 is 0 Å². The lowest BCUT2D eigenvalue weighted by atomic mass is 10.2. The van der Waals surface area contributed by atoms with Crippen LogP contribution in [0.2, 0.25) is 0 Å². The van der Waals surface area contributed by atoms with E-state index in [0.29, 0.717) is 4.90 Å². The largest absolute Gasteiger partial charge is 0.479 e. The number of carbonyl (C=O) groups excluding carboxylic acids is 2. The fraction of sp³-hybridized carbons (Fsp3) is 0.200. The van der Waals surface area contributed by atoms with Crippen molar-refractivity contribution >= 4 is 17.8 Å². The van der Waals surface area contributed by atoms with Crippen LogP contribution in [-0.4, -0.2) is 50.5 Å². The van der Waals surface area contributed by atoms with Crippen molar-refractivity contribution in [1.29, 1.82) is 0 Å². The second-order valence-electron chi connectivity index (χ2n) is 3.50. The average molecular weight is 236 g/mol. The number of carboxylic acid groups (broad SMARTS) is 1. The summed E-state index contributed by atoms with van der Waals surface area (Å²) in [6, 6.07) is 1.38. The van der Waals surface area contributed by atoms with Crippen LogP contribution in [0.3, 0.4) is 0 Å². The lowest BCUT2D eigenvalue weighted by Gasteiger charge is -2.15. The minimum Gasteiger partial charge on any atom is -0.479 e. The van der Waals surface area contributed by atoms with Gasteiger partial charge in [-0.2, -0.15) is 0 Å². The van der Waals surface area contributed by atoms with Gasteiger partial charge in [-0.3, -0.25) is 19.5 Å². The molecule has 1 aromatic heterocycles. The predicted octanol–water partition coefficient (Wildman–Crippen LogP) is -0.877. The van der Waals surface area contributed by atoms with Crippen molar-refractivity contribution in [2.45, 2.75) is 6.10 Å². The van der Waals surface area contributed by atoms with Gasteiger partial charge in [0.2, 0.25) is 0 Å². The number of hydrogen-bond acceptors (Lipinski definition) is 5. The number of imide groups is 1. The lowest BCUT2D eigenvalue weighted by Crippen LogP contribution is -2.40. The first-order valence-corrected chi connectivity index (χ1v) is 4.73. The Labute approximate surface area is 95.3 Å². The Morgan fingerprint density at radius 1 is 1.35 bits per heavy atom.